The second kappa shape index (κ2) is 5.48. The fourth-order valence-electron chi connectivity index (χ4n) is 3.13. The highest BCUT2D eigenvalue weighted by molar-refractivity contribution is 5.02. The van der Waals surface area contributed by atoms with Gasteiger partial charge < -0.3 is 14.7 Å². The maximum atomic E-state index is 10.5. The van der Waals surface area contributed by atoms with Crippen LogP contribution in [0.4, 0.5) is 0 Å². The molecule has 1 fully saturated rings. The molecule has 0 amide bonds. The normalized spacial score (nSPS) is 31.8. The Kier molecular flexibility index (Phi) is 4.85. The number of hydrogen-bond acceptors (Lipinski definition) is 3. The zero-order chi connectivity index (χ0) is 14.1. The number of aliphatic hydroxyl groups is 1. The first kappa shape index (κ1) is 15.9. The Hall–Kier alpha value is -0.120. The molecule has 0 bridgehead atoms. The quantitative estimate of drug-likeness (QED) is 0.822. The minimum Gasteiger partial charge on any atom is -0.390 e. The van der Waals surface area contributed by atoms with Gasteiger partial charge in [0.25, 0.3) is 0 Å². The molecule has 3 atom stereocenters. The van der Waals surface area contributed by atoms with Crippen LogP contribution in [0.15, 0.2) is 0 Å². The lowest BCUT2D eigenvalue weighted by Crippen LogP contribution is -2.46. The molecule has 18 heavy (non-hydrogen) atoms. The van der Waals surface area contributed by atoms with Crippen LogP contribution in [0.2, 0.25) is 0 Å². The summed E-state index contributed by atoms with van der Waals surface area (Å²) in [4.78, 5) is 2.44. The molecule has 0 spiro atoms. The summed E-state index contributed by atoms with van der Waals surface area (Å²) in [6, 6.07) is 0.557. The van der Waals surface area contributed by atoms with Gasteiger partial charge in [-0.25, -0.2) is 0 Å². The molecule has 1 aliphatic heterocycles. The Morgan fingerprint density at radius 3 is 2.06 bits per heavy atom. The third kappa shape index (κ3) is 3.06. The van der Waals surface area contributed by atoms with Crippen LogP contribution in [0.5, 0.6) is 0 Å². The molecule has 108 valence electrons. The van der Waals surface area contributed by atoms with Crippen molar-refractivity contribution in [3.8, 4) is 0 Å². The van der Waals surface area contributed by atoms with Gasteiger partial charge >= 0.3 is 0 Å². The molecule has 3 nitrogen and oxygen atoms in total. The van der Waals surface area contributed by atoms with E-state index in [0.717, 1.165) is 19.5 Å². The van der Waals surface area contributed by atoms with E-state index >= 15 is 0 Å². The first-order valence-corrected chi connectivity index (χ1v) is 7.28. The van der Waals surface area contributed by atoms with Gasteiger partial charge in [-0.1, -0.05) is 13.8 Å². The lowest BCUT2D eigenvalue weighted by Gasteiger charge is -2.35. The molecule has 0 aromatic rings. The highest BCUT2D eigenvalue weighted by Crippen LogP contribution is 2.42. The molecule has 1 heterocycles. The maximum absolute atomic E-state index is 10.5. The Balaban J connectivity index is 2.82. The number of nitrogens with zero attached hydrogens (tertiary/aromatic N) is 1. The Morgan fingerprint density at radius 1 is 1.17 bits per heavy atom. The number of ether oxygens (including phenoxy) is 1. The third-order valence-corrected chi connectivity index (χ3v) is 4.56. The fraction of sp³-hybridized carbons (Fsp3) is 1.00. The molecule has 0 saturated carbocycles. The van der Waals surface area contributed by atoms with Crippen molar-refractivity contribution in [2.45, 2.75) is 78.2 Å². The predicted molar refractivity (Wildman–Crippen MR) is 75.7 cm³/mol. The number of rotatable bonds is 5. The van der Waals surface area contributed by atoms with Gasteiger partial charge in [-0.2, -0.15) is 0 Å². The zero-order valence-corrected chi connectivity index (χ0v) is 13.2. The topological polar surface area (TPSA) is 32.7 Å². The van der Waals surface area contributed by atoms with E-state index in [-0.39, 0.29) is 11.5 Å². The smallest absolute Gasteiger partial charge is 0.0896 e. The molecular weight excluding hydrogens is 226 g/mol. The second-order valence-electron chi connectivity index (χ2n) is 6.71. The van der Waals surface area contributed by atoms with Crippen LogP contribution in [0.1, 0.15) is 54.9 Å². The van der Waals surface area contributed by atoms with Gasteiger partial charge in [0.15, 0.2) is 0 Å². The summed E-state index contributed by atoms with van der Waals surface area (Å²) >= 11 is 0. The van der Waals surface area contributed by atoms with E-state index < -0.39 is 11.7 Å². The summed E-state index contributed by atoms with van der Waals surface area (Å²) in [5.41, 5.74) is -0.702. The minimum atomic E-state index is -0.441. The van der Waals surface area contributed by atoms with Gasteiger partial charge in [0.05, 0.1) is 17.3 Å². The standard InChI is InChI=1S/C15H31NO2/c1-8-11(3)16(9-2)10-12-13(17)15(6,7)18-14(12,4)5/h11-13,17H,8-10H2,1-7H3. The van der Waals surface area contributed by atoms with Gasteiger partial charge in [0.2, 0.25) is 0 Å². The molecule has 3 unspecified atom stereocenters. The van der Waals surface area contributed by atoms with Gasteiger partial charge in [-0.3, -0.25) is 0 Å². The first-order chi connectivity index (χ1) is 8.15. The SMILES string of the molecule is CCC(C)N(CC)CC1C(O)C(C)(C)OC1(C)C. The Labute approximate surface area is 113 Å². The molecule has 0 aromatic heterocycles. The van der Waals surface area contributed by atoms with Gasteiger partial charge in [-0.05, 0) is 47.6 Å². The third-order valence-electron chi connectivity index (χ3n) is 4.56. The molecule has 1 N–H and O–H groups in total. The largest absolute Gasteiger partial charge is 0.390 e. The van der Waals surface area contributed by atoms with Crippen molar-refractivity contribution in [3.63, 3.8) is 0 Å². The van der Waals surface area contributed by atoms with Crippen LogP contribution in [-0.2, 0) is 4.74 Å². The van der Waals surface area contributed by atoms with Crippen molar-refractivity contribution in [2.75, 3.05) is 13.1 Å². The monoisotopic (exact) mass is 257 g/mol. The van der Waals surface area contributed by atoms with Crippen LogP contribution in [0.25, 0.3) is 0 Å². The summed E-state index contributed by atoms with van der Waals surface area (Å²) in [5.74, 6) is 0.168. The predicted octanol–water partition coefficient (Wildman–Crippen LogP) is 2.67. The van der Waals surface area contributed by atoms with E-state index in [1.165, 1.54) is 0 Å². The van der Waals surface area contributed by atoms with Crippen molar-refractivity contribution in [2.24, 2.45) is 5.92 Å². The number of hydrogen-bond donors (Lipinski definition) is 1. The summed E-state index contributed by atoms with van der Waals surface area (Å²) in [6.45, 7) is 16.7. The summed E-state index contributed by atoms with van der Waals surface area (Å²) in [5, 5.41) is 10.5. The average Bonchev–Trinajstić information content (AvgIpc) is 2.41. The highest BCUT2D eigenvalue weighted by atomic mass is 16.5. The molecule has 1 aliphatic rings. The molecule has 0 aromatic carbocycles. The van der Waals surface area contributed by atoms with E-state index in [0.29, 0.717) is 6.04 Å². The second-order valence-corrected chi connectivity index (χ2v) is 6.71. The molecule has 0 aliphatic carbocycles. The van der Waals surface area contributed by atoms with Crippen molar-refractivity contribution in [1.82, 2.24) is 4.90 Å². The minimum absolute atomic E-state index is 0.168. The molecule has 1 rings (SSSR count). The first-order valence-electron chi connectivity index (χ1n) is 7.28. The molecule has 1 saturated heterocycles. The van der Waals surface area contributed by atoms with Crippen molar-refractivity contribution >= 4 is 0 Å². The Morgan fingerprint density at radius 2 is 1.72 bits per heavy atom. The van der Waals surface area contributed by atoms with E-state index in [4.69, 9.17) is 4.74 Å². The summed E-state index contributed by atoms with van der Waals surface area (Å²) in [6.07, 6.45) is 0.743. The molecule has 3 heteroatoms. The lowest BCUT2D eigenvalue weighted by atomic mass is 9.84. The molecule has 0 radical (unpaired) electrons. The van der Waals surface area contributed by atoms with Crippen LogP contribution < -0.4 is 0 Å². The number of aliphatic hydroxyl groups excluding tert-OH is 1. The van der Waals surface area contributed by atoms with Crippen molar-refractivity contribution < 1.29 is 9.84 Å². The summed E-state index contributed by atoms with van der Waals surface area (Å²) in [7, 11) is 0. The van der Waals surface area contributed by atoms with Gasteiger partial charge in [-0.15, -0.1) is 0 Å². The van der Waals surface area contributed by atoms with E-state index in [2.05, 4.69) is 39.5 Å². The van der Waals surface area contributed by atoms with Gasteiger partial charge in [0, 0.05) is 18.5 Å². The van der Waals surface area contributed by atoms with Crippen LogP contribution in [-0.4, -0.2) is 46.4 Å². The van der Waals surface area contributed by atoms with E-state index in [1.807, 2.05) is 13.8 Å². The highest BCUT2D eigenvalue weighted by Gasteiger charge is 2.53. The van der Waals surface area contributed by atoms with Gasteiger partial charge in [0.1, 0.15) is 0 Å². The van der Waals surface area contributed by atoms with E-state index in [9.17, 15) is 5.11 Å². The van der Waals surface area contributed by atoms with Crippen LogP contribution in [0, 0.1) is 5.92 Å². The van der Waals surface area contributed by atoms with Crippen LogP contribution in [0.3, 0.4) is 0 Å². The fourth-order valence-corrected chi connectivity index (χ4v) is 3.13. The lowest BCUT2D eigenvalue weighted by molar-refractivity contribution is -0.0915. The average molecular weight is 257 g/mol. The van der Waals surface area contributed by atoms with Crippen LogP contribution >= 0.6 is 0 Å². The van der Waals surface area contributed by atoms with Crippen molar-refractivity contribution in [1.29, 1.82) is 0 Å². The van der Waals surface area contributed by atoms with Crippen molar-refractivity contribution in [3.05, 3.63) is 0 Å². The summed E-state index contributed by atoms with van der Waals surface area (Å²) < 4.78 is 6.04. The zero-order valence-electron chi connectivity index (χ0n) is 13.2. The maximum Gasteiger partial charge on any atom is 0.0896 e. The Bertz CT molecular complexity index is 276. The van der Waals surface area contributed by atoms with E-state index in [1.54, 1.807) is 0 Å². The molecular formula is C15H31NO2.